The van der Waals surface area contributed by atoms with Crippen LogP contribution >= 0.6 is 70.7 Å². The minimum atomic E-state index is 0.135. The number of rotatable bonds is 3. The van der Waals surface area contributed by atoms with Gasteiger partial charge < -0.3 is 5.32 Å². The second-order valence-electron chi connectivity index (χ2n) is 3.67. The molecule has 0 aliphatic heterocycles. The van der Waals surface area contributed by atoms with E-state index < -0.39 is 0 Å². The summed E-state index contributed by atoms with van der Waals surface area (Å²) in [5.41, 5.74) is 2.38. The van der Waals surface area contributed by atoms with Gasteiger partial charge in [0.25, 0.3) is 0 Å². The Hall–Kier alpha value is 0.610. The van der Waals surface area contributed by atoms with Crippen LogP contribution in [0.25, 0.3) is 0 Å². The largest absolute Gasteiger partial charge is 0.309 e. The number of benzene rings is 1. The van der Waals surface area contributed by atoms with E-state index in [1.54, 1.807) is 11.3 Å². The van der Waals surface area contributed by atoms with Crippen molar-refractivity contribution in [3.05, 3.63) is 52.5 Å². The molecule has 0 fully saturated rings. The van der Waals surface area contributed by atoms with Crippen molar-refractivity contribution in [3.63, 3.8) is 0 Å². The van der Waals surface area contributed by atoms with Crippen molar-refractivity contribution in [1.29, 1.82) is 0 Å². The average molecular weight is 474 g/mol. The highest BCUT2D eigenvalue weighted by Gasteiger charge is 2.18. The van der Waals surface area contributed by atoms with Gasteiger partial charge >= 0.3 is 0 Å². The first-order chi connectivity index (χ1) is 8.52. The third kappa shape index (κ3) is 3.19. The molecule has 0 amide bonds. The monoisotopic (exact) mass is 471 g/mol. The number of nitrogens with one attached hydrogen (secondary N) is 1. The lowest BCUT2D eigenvalue weighted by Crippen LogP contribution is -2.17. The maximum absolute atomic E-state index is 6.03. The van der Waals surface area contributed by atoms with Crippen molar-refractivity contribution < 1.29 is 0 Å². The Morgan fingerprint density at radius 1 is 1.22 bits per heavy atom. The zero-order chi connectivity index (χ0) is 13.3. The van der Waals surface area contributed by atoms with Crippen LogP contribution in [-0.4, -0.2) is 7.05 Å². The van der Waals surface area contributed by atoms with Crippen LogP contribution < -0.4 is 5.32 Å². The maximum atomic E-state index is 6.03. The summed E-state index contributed by atoms with van der Waals surface area (Å²) in [6, 6.07) is 8.24. The van der Waals surface area contributed by atoms with Crippen molar-refractivity contribution in [2.75, 3.05) is 7.05 Å². The summed E-state index contributed by atoms with van der Waals surface area (Å²) in [6.45, 7) is 0. The van der Waals surface area contributed by atoms with Crippen molar-refractivity contribution in [2.24, 2.45) is 0 Å². The Balaban J connectivity index is 2.45. The Morgan fingerprint density at radius 3 is 2.44 bits per heavy atom. The molecule has 1 aromatic heterocycles. The molecule has 2 aromatic rings. The molecule has 0 aliphatic rings. The smallest absolute Gasteiger partial charge is 0.0761 e. The molecule has 6 heteroatoms. The molecule has 96 valence electrons. The van der Waals surface area contributed by atoms with Gasteiger partial charge in [-0.05, 0) is 84.2 Å². The topological polar surface area (TPSA) is 12.0 Å². The van der Waals surface area contributed by atoms with Gasteiger partial charge in [0.1, 0.15) is 0 Å². The minimum Gasteiger partial charge on any atom is -0.309 e. The molecule has 1 atom stereocenters. The zero-order valence-electron chi connectivity index (χ0n) is 9.31. The van der Waals surface area contributed by atoms with E-state index >= 15 is 0 Å². The lowest BCUT2D eigenvalue weighted by atomic mass is 10.0. The average Bonchev–Trinajstić information content (AvgIpc) is 2.64. The maximum Gasteiger partial charge on any atom is 0.0761 e. The van der Waals surface area contributed by atoms with Gasteiger partial charge in [-0.15, -0.1) is 11.3 Å². The highest BCUT2D eigenvalue weighted by molar-refractivity contribution is 9.12. The van der Waals surface area contributed by atoms with Crippen LogP contribution in [0.5, 0.6) is 0 Å². The molecule has 1 heterocycles. The highest BCUT2D eigenvalue weighted by atomic mass is 79.9. The fourth-order valence-electron chi connectivity index (χ4n) is 1.74. The first-order valence-corrected chi connectivity index (χ1v) is 8.67. The molecule has 0 radical (unpaired) electrons. The van der Waals surface area contributed by atoms with Gasteiger partial charge in [0.2, 0.25) is 0 Å². The number of hydrogen-bond acceptors (Lipinski definition) is 2. The summed E-state index contributed by atoms with van der Waals surface area (Å²) in [6.07, 6.45) is 0. The van der Waals surface area contributed by atoms with Gasteiger partial charge in [0, 0.05) is 4.47 Å². The van der Waals surface area contributed by atoms with Crippen LogP contribution in [0.2, 0.25) is 5.02 Å². The van der Waals surface area contributed by atoms with Crippen LogP contribution in [0.1, 0.15) is 17.2 Å². The fourth-order valence-corrected chi connectivity index (χ4v) is 5.16. The van der Waals surface area contributed by atoms with E-state index in [0.717, 1.165) is 17.1 Å². The van der Waals surface area contributed by atoms with Crippen molar-refractivity contribution >= 4 is 70.7 Å². The molecule has 1 N–H and O–H groups in total. The molecular formula is C12H9Br3ClNS. The Labute approximate surface area is 140 Å². The summed E-state index contributed by atoms with van der Waals surface area (Å²) in [7, 11) is 1.95. The molecular weight excluding hydrogens is 465 g/mol. The van der Waals surface area contributed by atoms with Gasteiger partial charge in [-0.2, -0.15) is 0 Å². The van der Waals surface area contributed by atoms with E-state index in [-0.39, 0.29) is 6.04 Å². The molecule has 0 saturated heterocycles. The van der Waals surface area contributed by atoms with Crippen molar-refractivity contribution in [1.82, 2.24) is 5.32 Å². The van der Waals surface area contributed by atoms with Crippen LogP contribution in [0, 0.1) is 0 Å². The number of hydrogen-bond donors (Lipinski definition) is 1. The van der Waals surface area contributed by atoms with Crippen LogP contribution in [-0.2, 0) is 0 Å². The standard InChI is InChI=1S/C12H9Br3ClNS/c1-17-11(7-5-10(14)18-12(7)15)6-2-3-9(16)8(13)4-6/h2-5,11,17H,1H3. The van der Waals surface area contributed by atoms with E-state index in [9.17, 15) is 0 Å². The van der Waals surface area contributed by atoms with Crippen molar-refractivity contribution in [3.8, 4) is 0 Å². The van der Waals surface area contributed by atoms with Gasteiger partial charge in [-0.25, -0.2) is 0 Å². The molecule has 0 spiro atoms. The summed E-state index contributed by atoms with van der Waals surface area (Å²) < 4.78 is 3.14. The van der Waals surface area contributed by atoms with Crippen LogP contribution in [0.15, 0.2) is 36.3 Å². The third-order valence-corrected chi connectivity index (χ3v) is 6.16. The molecule has 2 rings (SSSR count). The lowest BCUT2D eigenvalue weighted by molar-refractivity contribution is 0.691. The predicted octanol–water partition coefficient (Wildman–Crippen LogP) is 6.00. The normalized spacial score (nSPS) is 12.7. The van der Waals surface area contributed by atoms with E-state index in [0.29, 0.717) is 0 Å². The first kappa shape index (κ1) is 15.0. The molecule has 1 nitrogen and oxygen atoms in total. The quantitative estimate of drug-likeness (QED) is 0.576. The summed E-state index contributed by atoms with van der Waals surface area (Å²) in [4.78, 5) is 0. The van der Waals surface area contributed by atoms with E-state index in [4.69, 9.17) is 11.6 Å². The summed E-state index contributed by atoms with van der Waals surface area (Å²) >= 11 is 18.3. The number of halogens is 4. The molecule has 0 aliphatic carbocycles. The number of thiophene rings is 1. The zero-order valence-corrected chi connectivity index (χ0v) is 15.6. The molecule has 1 unspecified atom stereocenters. The van der Waals surface area contributed by atoms with E-state index in [2.05, 4.69) is 59.2 Å². The first-order valence-electron chi connectivity index (χ1n) is 5.10. The van der Waals surface area contributed by atoms with Gasteiger partial charge in [-0.3, -0.25) is 0 Å². The summed E-state index contributed by atoms with van der Waals surface area (Å²) in [5, 5.41) is 4.05. The third-order valence-electron chi connectivity index (χ3n) is 2.56. The minimum absolute atomic E-state index is 0.135. The molecule has 0 saturated carbocycles. The van der Waals surface area contributed by atoms with E-state index in [1.165, 1.54) is 11.1 Å². The SMILES string of the molecule is CNC(c1ccc(Cl)c(Br)c1)c1cc(Br)sc1Br. The Morgan fingerprint density at radius 2 is 1.94 bits per heavy atom. The predicted molar refractivity (Wildman–Crippen MR) is 89.8 cm³/mol. The molecule has 18 heavy (non-hydrogen) atoms. The molecule has 1 aromatic carbocycles. The Bertz CT molecular complexity index is 570. The second-order valence-corrected chi connectivity index (χ2v) is 8.69. The van der Waals surface area contributed by atoms with Crippen LogP contribution in [0.4, 0.5) is 0 Å². The van der Waals surface area contributed by atoms with E-state index in [1.807, 2.05) is 25.2 Å². The summed E-state index contributed by atoms with van der Waals surface area (Å²) in [5.74, 6) is 0. The van der Waals surface area contributed by atoms with Gasteiger partial charge in [0.15, 0.2) is 0 Å². The second kappa shape index (κ2) is 6.37. The van der Waals surface area contributed by atoms with Crippen LogP contribution in [0.3, 0.4) is 0 Å². The highest BCUT2D eigenvalue weighted by Crippen LogP contribution is 2.38. The lowest BCUT2D eigenvalue weighted by Gasteiger charge is -2.17. The molecule has 0 bridgehead atoms. The van der Waals surface area contributed by atoms with Gasteiger partial charge in [-0.1, -0.05) is 17.7 Å². The fraction of sp³-hybridized carbons (Fsp3) is 0.167. The van der Waals surface area contributed by atoms with Gasteiger partial charge in [0.05, 0.1) is 18.6 Å². The van der Waals surface area contributed by atoms with Crippen molar-refractivity contribution in [2.45, 2.75) is 6.04 Å². The Kier molecular flexibility index (Phi) is 5.31.